The monoisotopic (exact) mass is 464 g/mol. The number of aliphatic hydroxyl groups excluding tert-OH is 1. The van der Waals surface area contributed by atoms with E-state index < -0.39 is 6.04 Å². The Bertz CT molecular complexity index is 1010. The number of aromatic nitrogens is 2. The molecule has 0 spiro atoms. The van der Waals surface area contributed by atoms with Gasteiger partial charge in [-0.1, -0.05) is 20.8 Å². The zero-order valence-electron chi connectivity index (χ0n) is 20.3. The van der Waals surface area contributed by atoms with E-state index in [0.29, 0.717) is 18.1 Å². The predicted molar refractivity (Wildman–Crippen MR) is 136 cm³/mol. The van der Waals surface area contributed by atoms with Crippen molar-refractivity contribution in [3.8, 4) is 0 Å². The number of nitrogens with zero attached hydrogens (tertiary/aromatic N) is 4. The molecular weight excluding hydrogens is 428 g/mol. The van der Waals surface area contributed by atoms with Crippen LogP contribution in [0.3, 0.4) is 0 Å². The molecule has 1 aliphatic carbocycles. The molecule has 1 aromatic heterocycles. The Morgan fingerprint density at radius 3 is 2.53 bits per heavy atom. The van der Waals surface area contributed by atoms with Crippen LogP contribution in [0.5, 0.6) is 0 Å². The highest BCUT2D eigenvalue weighted by atomic mass is 16.3. The van der Waals surface area contributed by atoms with Gasteiger partial charge in [0.05, 0.1) is 23.4 Å². The van der Waals surface area contributed by atoms with Crippen LogP contribution in [-0.2, 0) is 11.2 Å². The third kappa shape index (κ3) is 5.39. The van der Waals surface area contributed by atoms with Crippen molar-refractivity contribution in [3.63, 3.8) is 0 Å². The zero-order valence-corrected chi connectivity index (χ0v) is 20.3. The summed E-state index contributed by atoms with van der Waals surface area (Å²) in [5.41, 5.74) is 9.93. The molecular formula is C26H36N6O2. The van der Waals surface area contributed by atoms with Gasteiger partial charge in [-0.25, -0.2) is 9.97 Å². The Morgan fingerprint density at radius 1 is 1.18 bits per heavy atom. The number of hydrogen-bond donors (Lipinski definition) is 3. The van der Waals surface area contributed by atoms with E-state index in [9.17, 15) is 9.90 Å². The lowest BCUT2D eigenvalue weighted by Crippen LogP contribution is -2.49. The second kappa shape index (κ2) is 10.5. The standard InChI is InChI=1S/C26H36N6O2/c1-17(2)24-23(34)9-4-19-14-28-26(30-25(19)24)29-20-5-7-21(8-6-20)32-12-10-31(11-13-32)15-18(3)22(27)16-33/h5-9,14,16-18,22,24,34H,4,10-13,15,27H2,1-3H3,(H,28,29,30). The number of piperazine rings is 1. The van der Waals surface area contributed by atoms with Crippen LogP contribution in [0.25, 0.3) is 0 Å². The number of benzene rings is 1. The molecule has 4 N–H and O–H groups in total. The van der Waals surface area contributed by atoms with E-state index >= 15 is 0 Å². The van der Waals surface area contributed by atoms with Crippen LogP contribution in [0, 0.1) is 11.8 Å². The summed E-state index contributed by atoms with van der Waals surface area (Å²) in [6.07, 6.45) is 5.23. The van der Waals surface area contributed by atoms with E-state index in [1.807, 2.05) is 31.3 Å². The molecule has 2 aliphatic rings. The second-order valence-electron chi connectivity index (χ2n) is 9.81. The lowest BCUT2D eigenvalue weighted by Gasteiger charge is -2.37. The van der Waals surface area contributed by atoms with Gasteiger partial charge >= 0.3 is 0 Å². The first-order valence-electron chi connectivity index (χ1n) is 12.2. The summed E-state index contributed by atoms with van der Waals surface area (Å²) in [5, 5.41) is 13.7. The molecule has 0 radical (unpaired) electrons. The number of anilines is 3. The SMILES string of the molecule is CC(C)C1C(O)=CCc2cnc(Nc3ccc(N4CCN(CC(C)C(N)C=O)CC4)cc3)nc21. The van der Waals surface area contributed by atoms with Crippen LogP contribution in [0.1, 0.15) is 37.9 Å². The van der Waals surface area contributed by atoms with Crippen molar-refractivity contribution in [2.75, 3.05) is 42.9 Å². The van der Waals surface area contributed by atoms with Gasteiger partial charge in [0.25, 0.3) is 0 Å². The molecule has 1 aromatic carbocycles. The Kier molecular flexibility index (Phi) is 7.48. The quantitative estimate of drug-likeness (QED) is 0.511. The highest BCUT2D eigenvalue weighted by molar-refractivity contribution is 5.60. The zero-order chi connectivity index (χ0) is 24.2. The molecule has 4 rings (SSSR count). The molecule has 0 bridgehead atoms. The highest BCUT2D eigenvalue weighted by Gasteiger charge is 2.28. The minimum atomic E-state index is -0.393. The first kappa shape index (κ1) is 24.2. The van der Waals surface area contributed by atoms with Gasteiger partial charge in [-0.05, 0) is 54.2 Å². The molecule has 2 heterocycles. The summed E-state index contributed by atoms with van der Waals surface area (Å²) < 4.78 is 0. The van der Waals surface area contributed by atoms with Gasteiger partial charge in [-0.3, -0.25) is 4.90 Å². The number of allylic oxidation sites excluding steroid dienone is 2. The molecule has 1 aliphatic heterocycles. The largest absolute Gasteiger partial charge is 0.512 e. The summed E-state index contributed by atoms with van der Waals surface area (Å²) in [6.45, 7) is 10.9. The van der Waals surface area contributed by atoms with Crippen molar-refractivity contribution < 1.29 is 9.90 Å². The Balaban J connectivity index is 1.36. The molecule has 3 atom stereocenters. The van der Waals surface area contributed by atoms with Gasteiger partial charge in [0.15, 0.2) is 0 Å². The number of fused-ring (bicyclic) bond motifs is 1. The lowest BCUT2D eigenvalue weighted by atomic mass is 9.84. The molecule has 1 saturated heterocycles. The average molecular weight is 465 g/mol. The van der Waals surface area contributed by atoms with Gasteiger partial charge in [-0.2, -0.15) is 0 Å². The van der Waals surface area contributed by atoms with E-state index in [4.69, 9.17) is 10.7 Å². The molecule has 182 valence electrons. The summed E-state index contributed by atoms with van der Waals surface area (Å²) in [7, 11) is 0. The van der Waals surface area contributed by atoms with E-state index in [-0.39, 0.29) is 17.8 Å². The van der Waals surface area contributed by atoms with Gasteiger partial charge < -0.3 is 25.9 Å². The van der Waals surface area contributed by atoms with Gasteiger partial charge in [-0.15, -0.1) is 0 Å². The van der Waals surface area contributed by atoms with E-state index in [0.717, 1.165) is 56.0 Å². The maximum atomic E-state index is 10.9. The van der Waals surface area contributed by atoms with Crippen molar-refractivity contribution in [3.05, 3.63) is 53.6 Å². The van der Waals surface area contributed by atoms with E-state index in [1.54, 1.807) is 0 Å². The normalized spacial score (nSPS) is 20.4. The fourth-order valence-corrected chi connectivity index (χ4v) is 4.78. The molecule has 2 aromatic rings. The summed E-state index contributed by atoms with van der Waals surface area (Å²) >= 11 is 0. The molecule has 0 saturated carbocycles. The van der Waals surface area contributed by atoms with E-state index in [1.165, 1.54) is 5.69 Å². The smallest absolute Gasteiger partial charge is 0.227 e. The Labute approximate surface area is 201 Å². The Morgan fingerprint density at radius 2 is 1.88 bits per heavy atom. The minimum Gasteiger partial charge on any atom is -0.512 e. The molecule has 34 heavy (non-hydrogen) atoms. The maximum absolute atomic E-state index is 10.9. The van der Waals surface area contributed by atoms with Crippen LogP contribution < -0.4 is 16.0 Å². The summed E-state index contributed by atoms with van der Waals surface area (Å²) in [6, 6.07) is 7.94. The van der Waals surface area contributed by atoms with Crippen LogP contribution in [0.4, 0.5) is 17.3 Å². The minimum absolute atomic E-state index is 0.0921. The third-order valence-corrected chi connectivity index (χ3v) is 6.93. The number of rotatable bonds is 8. The van der Waals surface area contributed by atoms with Crippen molar-refractivity contribution >= 4 is 23.6 Å². The number of carbonyl (C=O) groups excluding carboxylic acids is 1. The van der Waals surface area contributed by atoms with Crippen LogP contribution in [0.2, 0.25) is 0 Å². The number of aliphatic hydroxyl groups is 1. The highest BCUT2D eigenvalue weighted by Crippen LogP contribution is 2.35. The van der Waals surface area contributed by atoms with Crippen LogP contribution >= 0.6 is 0 Å². The second-order valence-corrected chi connectivity index (χ2v) is 9.81. The lowest BCUT2D eigenvalue weighted by molar-refractivity contribution is -0.109. The van der Waals surface area contributed by atoms with Gasteiger partial charge in [0, 0.05) is 50.3 Å². The number of hydrogen-bond acceptors (Lipinski definition) is 8. The van der Waals surface area contributed by atoms with Gasteiger partial charge in [0.1, 0.15) is 6.29 Å². The maximum Gasteiger partial charge on any atom is 0.227 e. The third-order valence-electron chi connectivity index (χ3n) is 6.93. The molecule has 8 nitrogen and oxygen atoms in total. The molecule has 8 heteroatoms. The average Bonchev–Trinajstić information content (AvgIpc) is 2.84. The number of nitrogens with one attached hydrogen (secondary N) is 1. The van der Waals surface area contributed by atoms with Gasteiger partial charge in [0.2, 0.25) is 5.95 Å². The molecule has 0 amide bonds. The number of nitrogens with two attached hydrogens (primary N) is 1. The van der Waals surface area contributed by atoms with Crippen LogP contribution in [0.15, 0.2) is 42.3 Å². The summed E-state index contributed by atoms with van der Waals surface area (Å²) in [4.78, 5) is 24.9. The Hall–Kier alpha value is -2.97. The van der Waals surface area contributed by atoms with E-state index in [2.05, 4.69) is 46.1 Å². The molecule has 1 fully saturated rings. The number of carbonyl (C=O) groups is 1. The number of aldehydes is 1. The summed E-state index contributed by atoms with van der Waals surface area (Å²) in [5.74, 6) is 1.27. The fraction of sp³-hybridized carbons (Fsp3) is 0.500. The topological polar surface area (TPSA) is 108 Å². The predicted octanol–water partition coefficient (Wildman–Crippen LogP) is 3.24. The first-order valence-corrected chi connectivity index (χ1v) is 12.2. The van der Waals surface area contributed by atoms with Crippen molar-refractivity contribution in [1.29, 1.82) is 0 Å². The van der Waals surface area contributed by atoms with Crippen molar-refractivity contribution in [1.82, 2.24) is 14.9 Å². The molecule has 3 unspecified atom stereocenters. The van der Waals surface area contributed by atoms with Crippen molar-refractivity contribution in [2.24, 2.45) is 17.6 Å². The first-order chi connectivity index (χ1) is 16.4. The fourth-order valence-electron chi connectivity index (χ4n) is 4.78. The van der Waals surface area contributed by atoms with Crippen LogP contribution in [-0.4, -0.2) is 65.0 Å². The van der Waals surface area contributed by atoms with Crippen molar-refractivity contribution in [2.45, 2.75) is 39.2 Å².